The van der Waals surface area contributed by atoms with Crippen LogP contribution in [-0.4, -0.2) is 22.7 Å². The van der Waals surface area contributed by atoms with Crippen LogP contribution >= 0.6 is 11.3 Å². The standard InChI is InChI=1S/C15H17N3O3S/c19-14(9-3-4-9)16-8-10-5-6-12(22-10)13-17-15(21-18-13)11-2-1-7-20-11/h5-6,9,11H,1-4,7-8H2,(H,16,19). The molecule has 2 aliphatic rings. The largest absolute Gasteiger partial charge is 0.368 e. The Bertz CT molecular complexity index is 671. The summed E-state index contributed by atoms with van der Waals surface area (Å²) in [5.41, 5.74) is 0. The molecule has 2 aromatic rings. The van der Waals surface area contributed by atoms with Crippen molar-refractivity contribution in [3.8, 4) is 10.7 Å². The first-order valence-electron chi connectivity index (χ1n) is 7.61. The second-order valence-electron chi connectivity index (χ2n) is 5.72. The molecule has 6 nitrogen and oxygen atoms in total. The number of aromatic nitrogens is 2. The van der Waals surface area contributed by atoms with Gasteiger partial charge in [-0.15, -0.1) is 11.3 Å². The van der Waals surface area contributed by atoms with Crippen LogP contribution in [0.25, 0.3) is 10.7 Å². The van der Waals surface area contributed by atoms with Gasteiger partial charge in [0.25, 0.3) is 5.89 Å². The number of rotatable bonds is 5. The lowest BCUT2D eigenvalue weighted by atomic mass is 10.2. The summed E-state index contributed by atoms with van der Waals surface area (Å²) < 4.78 is 10.8. The lowest BCUT2D eigenvalue weighted by molar-refractivity contribution is -0.122. The molecule has 2 aromatic heterocycles. The molecule has 7 heteroatoms. The molecule has 1 amide bonds. The van der Waals surface area contributed by atoms with E-state index in [0.717, 1.165) is 42.0 Å². The SMILES string of the molecule is O=C(NCc1ccc(-c2noc(C3CCCO3)n2)s1)C1CC1. The highest BCUT2D eigenvalue weighted by molar-refractivity contribution is 7.15. The van der Waals surface area contributed by atoms with E-state index in [1.807, 2.05) is 12.1 Å². The second kappa shape index (κ2) is 5.81. The molecular formula is C15H17N3O3S. The maximum Gasteiger partial charge on any atom is 0.256 e. The van der Waals surface area contributed by atoms with E-state index in [0.29, 0.717) is 18.3 Å². The van der Waals surface area contributed by atoms with E-state index in [1.54, 1.807) is 11.3 Å². The molecule has 1 atom stereocenters. The molecule has 1 saturated carbocycles. The third kappa shape index (κ3) is 2.91. The van der Waals surface area contributed by atoms with Gasteiger partial charge in [-0.1, -0.05) is 5.16 Å². The van der Waals surface area contributed by atoms with Crippen molar-refractivity contribution in [1.29, 1.82) is 0 Å². The first kappa shape index (κ1) is 13.9. The third-order valence-electron chi connectivity index (χ3n) is 3.91. The Morgan fingerprint density at radius 3 is 3.05 bits per heavy atom. The molecule has 1 N–H and O–H groups in total. The summed E-state index contributed by atoms with van der Waals surface area (Å²) >= 11 is 1.58. The molecule has 0 aromatic carbocycles. The van der Waals surface area contributed by atoms with Gasteiger partial charge in [0.05, 0.1) is 11.4 Å². The van der Waals surface area contributed by atoms with Gasteiger partial charge in [-0.3, -0.25) is 4.79 Å². The zero-order chi connectivity index (χ0) is 14.9. The Morgan fingerprint density at radius 2 is 2.27 bits per heavy atom. The summed E-state index contributed by atoms with van der Waals surface area (Å²) in [7, 11) is 0. The van der Waals surface area contributed by atoms with Gasteiger partial charge in [0.15, 0.2) is 0 Å². The second-order valence-corrected chi connectivity index (χ2v) is 6.88. The smallest absolute Gasteiger partial charge is 0.256 e. The van der Waals surface area contributed by atoms with E-state index in [1.165, 1.54) is 0 Å². The highest BCUT2D eigenvalue weighted by Crippen LogP contribution is 2.31. The van der Waals surface area contributed by atoms with Crippen molar-refractivity contribution in [1.82, 2.24) is 15.5 Å². The Hall–Kier alpha value is -1.73. The third-order valence-corrected chi connectivity index (χ3v) is 5.00. The van der Waals surface area contributed by atoms with Crippen LogP contribution in [0.15, 0.2) is 16.7 Å². The van der Waals surface area contributed by atoms with Gasteiger partial charge in [-0.2, -0.15) is 4.98 Å². The van der Waals surface area contributed by atoms with Gasteiger partial charge in [0, 0.05) is 17.4 Å². The average molecular weight is 319 g/mol. The molecule has 0 bridgehead atoms. The van der Waals surface area contributed by atoms with Gasteiger partial charge < -0.3 is 14.6 Å². The van der Waals surface area contributed by atoms with E-state index in [4.69, 9.17) is 9.26 Å². The number of nitrogens with zero attached hydrogens (tertiary/aromatic N) is 2. The molecule has 2 fully saturated rings. The van der Waals surface area contributed by atoms with Crippen LogP contribution in [0.1, 0.15) is 42.6 Å². The number of thiophene rings is 1. The van der Waals surface area contributed by atoms with Crippen LogP contribution in [0, 0.1) is 5.92 Å². The number of ether oxygens (including phenoxy) is 1. The highest BCUT2D eigenvalue weighted by Gasteiger charge is 2.29. The van der Waals surface area contributed by atoms with Crippen molar-refractivity contribution in [2.75, 3.05) is 6.61 Å². The zero-order valence-corrected chi connectivity index (χ0v) is 12.9. The van der Waals surface area contributed by atoms with Crippen LogP contribution in [0.2, 0.25) is 0 Å². The number of hydrogen-bond acceptors (Lipinski definition) is 6. The Kier molecular flexibility index (Phi) is 3.67. The van der Waals surface area contributed by atoms with E-state index in [-0.39, 0.29) is 17.9 Å². The normalized spacial score (nSPS) is 21.2. The summed E-state index contributed by atoms with van der Waals surface area (Å²) in [4.78, 5) is 18.1. The lowest BCUT2D eigenvalue weighted by Crippen LogP contribution is -2.23. The molecule has 4 rings (SSSR count). The number of hydrogen-bond donors (Lipinski definition) is 1. The van der Waals surface area contributed by atoms with Gasteiger partial charge in [-0.25, -0.2) is 0 Å². The summed E-state index contributed by atoms with van der Waals surface area (Å²) in [6.07, 6.45) is 3.96. The molecule has 1 aliphatic carbocycles. The van der Waals surface area contributed by atoms with E-state index >= 15 is 0 Å². The Morgan fingerprint density at radius 1 is 1.36 bits per heavy atom. The summed E-state index contributed by atoms with van der Waals surface area (Å²) in [6.45, 7) is 1.32. The molecular weight excluding hydrogens is 302 g/mol. The average Bonchev–Trinajstić information content (AvgIpc) is 2.99. The van der Waals surface area contributed by atoms with Crippen molar-refractivity contribution >= 4 is 17.2 Å². The van der Waals surface area contributed by atoms with Gasteiger partial charge in [0.1, 0.15) is 6.10 Å². The van der Waals surface area contributed by atoms with Gasteiger partial charge in [-0.05, 0) is 37.8 Å². The van der Waals surface area contributed by atoms with Crippen molar-refractivity contribution in [2.24, 2.45) is 5.92 Å². The van der Waals surface area contributed by atoms with Crippen LogP contribution in [0.3, 0.4) is 0 Å². The molecule has 1 aliphatic heterocycles. The first-order valence-corrected chi connectivity index (χ1v) is 8.43. The Labute approximate surface area is 131 Å². The predicted octanol–water partition coefficient (Wildman–Crippen LogP) is 2.68. The molecule has 0 radical (unpaired) electrons. The van der Waals surface area contributed by atoms with Crippen molar-refractivity contribution in [3.63, 3.8) is 0 Å². The predicted molar refractivity (Wildman–Crippen MR) is 80.1 cm³/mol. The van der Waals surface area contributed by atoms with E-state index < -0.39 is 0 Å². The summed E-state index contributed by atoms with van der Waals surface area (Å²) in [5, 5.41) is 7.00. The number of carbonyl (C=O) groups is 1. The van der Waals surface area contributed by atoms with Crippen molar-refractivity contribution < 1.29 is 14.1 Å². The molecule has 0 spiro atoms. The fraction of sp³-hybridized carbons (Fsp3) is 0.533. The highest BCUT2D eigenvalue weighted by atomic mass is 32.1. The zero-order valence-electron chi connectivity index (χ0n) is 12.1. The van der Waals surface area contributed by atoms with Gasteiger partial charge in [0.2, 0.25) is 11.7 Å². The molecule has 1 unspecified atom stereocenters. The Balaban J connectivity index is 1.41. The number of nitrogens with one attached hydrogen (secondary N) is 1. The van der Waals surface area contributed by atoms with Gasteiger partial charge >= 0.3 is 0 Å². The van der Waals surface area contributed by atoms with Crippen LogP contribution < -0.4 is 5.32 Å². The first-order chi connectivity index (χ1) is 10.8. The number of amides is 1. The van der Waals surface area contributed by atoms with Crippen LogP contribution in [0.4, 0.5) is 0 Å². The minimum Gasteiger partial charge on any atom is -0.368 e. The minimum atomic E-state index is -0.0569. The maximum atomic E-state index is 11.6. The van der Waals surface area contributed by atoms with E-state index in [9.17, 15) is 4.79 Å². The van der Waals surface area contributed by atoms with Crippen LogP contribution in [0.5, 0.6) is 0 Å². The minimum absolute atomic E-state index is 0.0569. The number of carbonyl (C=O) groups excluding carboxylic acids is 1. The topological polar surface area (TPSA) is 77.2 Å². The van der Waals surface area contributed by atoms with Crippen LogP contribution in [-0.2, 0) is 16.1 Å². The summed E-state index contributed by atoms with van der Waals surface area (Å²) in [6, 6.07) is 3.96. The lowest BCUT2D eigenvalue weighted by Gasteiger charge is -2.00. The molecule has 1 saturated heterocycles. The molecule has 22 heavy (non-hydrogen) atoms. The fourth-order valence-corrected chi connectivity index (χ4v) is 3.37. The van der Waals surface area contributed by atoms with Crippen molar-refractivity contribution in [2.45, 2.75) is 38.3 Å². The van der Waals surface area contributed by atoms with E-state index in [2.05, 4.69) is 15.5 Å². The quantitative estimate of drug-likeness (QED) is 0.917. The monoisotopic (exact) mass is 319 g/mol. The molecule has 3 heterocycles. The fourth-order valence-electron chi connectivity index (χ4n) is 2.50. The molecule has 116 valence electrons. The summed E-state index contributed by atoms with van der Waals surface area (Å²) in [5.74, 6) is 1.56. The van der Waals surface area contributed by atoms with Crippen molar-refractivity contribution in [3.05, 3.63) is 22.9 Å². The maximum absolute atomic E-state index is 11.6.